The van der Waals surface area contributed by atoms with Crippen molar-refractivity contribution in [1.29, 1.82) is 5.26 Å². The fourth-order valence-corrected chi connectivity index (χ4v) is 3.17. The maximum atomic E-state index is 8.87. The van der Waals surface area contributed by atoms with Gasteiger partial charge >= 0.3 is 0 Å². The number of nitrogens with one attached hydrogen (secondary N) is 6. The van der Waals surface area contributed by atoms with Gasteiger partial charge in [0.2, 0.25) is 51.5 Å². The Kier molecular flexibility index (Phi) is 16.8. The zero-order valence-corrected chi connectivity index (χ0v) is 27.8. The van der Waals surface area contributed by atoms with E-state index in [9.17, 15) is 0 Å². The van der Waals surface area contributed by atoms with Crippen molar-refractivity contribution in [2.75, 3.05) is 58.1 Å². The third-order valence-electron chi connectivity index (χ3n) is 4.29. The van der Waals surface area contributed by atoms with E-state index in [0.29, 0.717) is 36.3 Å². The summed E-state index contributed by atoms with van der Waals surface area (Å²) in [6, 6.07) is 2.35. The second-order valence-electron chi connectivity index (χ2n) is 9.04. The van der Waals surface area contributed by atoms with E-state index in [-0.39, 0.29) is 27.8 Å². The molecule has 0 aliphatic rings. The van der Waals surface area contributed by atoms with Crippen LogP contribution in [0, 0.1) is 11.3 Å². The Labute approximate surface area is 267 Å². The van der Waals surface area contributed by atoms with E-state index in [1.54, 1.807) is 13.8 Å². The average molecular weight is 658 g/mol. The predicted molar refractivity (Wildman–Crippen MR) is 173 cm³/mol. The monoisotopic (exact) mass is 656 g/mol. The SMILES string of the molecule is CCNc1nc(Cl)nc(NC(C)(C)C#N)n1.CCNc1nc(Cl)nc(NC(C)C)n1.CCNc1nc(Cl)nc(NCC)n1. The number of halogens is 3. The van der Waals surface area contributed by atoms with Crippen LogP contribution in [-0.2, 0) is 0 Å². The van der Waals surface area contributed by atoms with Gasteiger partial charge < -0.3 is 31.9 Å². The first kappa shape index (κ1) is 37.2. The normalized spacial score (nSPS) is 10.3. The molecule has 0 spiro atoms. The van der Waals surface area contributed by atoms with E-state index in [2.05, 4.69) is 82.8 Å². The van der Waals surface area contributed by atoms with Crippen molar-refractivity contribution in [2.24, 2.45) is 0 Å². The van der Waals surface area contributed by atoms with Gasteiger partial charge in [-0.3, -0.25) is 0 Å². The first-order chi connectivity index (χ1) is 20.3. The molecule has 0 fully saturated rings. The maximum Gasteiger partial charge on any atom is 0.230 e. The van der Waals surface area contributed by atoms with E-state index in [4.69, 9.17) is 40.1 Å². The van der Waals surface area contributed by atoms with Crippen LogP contribution in [0.4, 0.5) is 35.7 Å². The lowest BCUT2D eigenvalue weighted by molar-refractivity contribution is 0.715. The molecule has 43 heavy (non-hydrogen) atoms. The fourth-order valence-electron chi connectivity index (χ4n) is 2.69. The molecular formula is C24H39Cl3N16. The van der Waals surface area contributed by atoms with Crippen molar-refractivity contribution in [3.63, 3.8) is 0 Å². The van der Waals surface area contributed by atoms with Crippen molar-refractivity contribution in [1.82, 2.24) is 44.9 Å². The number of anilines is 6. The number of hydrogen-bond donors (Lipinski definition) is 6. The van der Waals surface area contributed by atoms with Gasteiger partial charge in [-0.1, -0.05) is 0 Å². The number of hydrogen-bond acceptors (Lipinski definition) is 16. The fraction of sp³-hybridized carbons (Fsp3) is 0.583. The molecule has 16 nitrogen and oxygen atoms in total. The third-order valence-corrected chi connectivity index (χ3v) is 4.79. The highest BCUT2D eigenvalue weighted by atomic mass is 35.5. The summed E-state index contributed by atoms with van der Waals surface area (Å²) in [6.07, 6.45) is 0. The lowest BCUT2D eigenvalue weighted by Gasteiger charge is -2.17. The number of nitrogens with zero attached hydrogens (tertiary/aromatic N) is 10. The van der Waals surface area contributed by atoms with Crippen molar-refractivity contribution in [2.45, 2.75) is 67.0 Å². The molecule has 0 aliphatic heterocycles. The van der Waals surface area contributed by atoms with Gasteiger partial charge in [0.05, 0.1) is 6.07 Å². The molecule has 0 saturated heterocycles. The Bertz CT molecular complexity index is 1280. The summed E-state index contributed by atoms with van der Waals surface area (Å²) in [5.74, 6) is 2.66. The standard InChI is InChI=1S/C9H13ClN6.C8H14ClN5.C7H12ClN5/c1-4-12-7-13-6(10)14-8(15-7)16-9(2,3)5-11;1-4-10-7-12-6(9)13-8(14-7)11-5(2)3;1-3-9-6-11-5(8)12-7(13-6)10-4-2/h4H2,1-3H3,(H2,12,13,14,15,16);5H,4H2,1-3H3,(H2,10,11,12,13,14);3-4H2,1-2H3,(H2,9,10,11,12,13). The van der Waals surface area contributed by atoms with E-state index in [1.807, 2.05) is 41.5 Å². The second kappa shape index (κ2) is 19.4. The van der Waals surface area contributed by atoms with Gasteiger partial charge in [0.1, 0.15) is 5.54 Å². The van der Waals surface area contributed by atoms with Crippen LogP contribution in [-0.4, -0.2) is 82.6 Å². The van der Waals surface area contributed by atoms with Crippen LogP contribution in [0.1, 0.15) is 55.4 Å². The maximum absolute atomic E-state index is 8.87. The van der Waals surface area contributed by atoms with Gasteiger partial charge in [-0.2, -0.15) is 50.1 Å². The first-order valence-electron chi connectivity index (χ1n) is 13.5. The molecule has 0 atom stereocenters. The highest BCUT2D eigenvalue weighted by Crippen LogP contribution is 2.14. The van der Waals surface area contributed by atoms with Crippen LogP contribution in [0.25, 0.3) is 0 Å². The zero-order valence-electron chi connectivity index (χ0n) is 25.5. The lowest BCUT2D eigenvalue weighted by Crippen LogP contribution is -2.29. The van der Waals surface area contributed by atoms with E-state index < -0.39 is 5.54 Å². The summed E-state index contributed by atoms with van der Waals surface area (Å²) in [7, 11) is 0. The van der Waals surface area contributed by atoms with Crippen LogP contribution in [0.3, 0.4) is 0 Å². The smallest absolute Gasteiger partial charge is 0.230 e. The minimum Gasteiger partial charge on any atom is -0.354 e. The summed E-state index contributed by atoms with van der Waals surface area (Å²) in [6.45, 7) is 18.2. The van der Waals surface area contributed by atoms with Gasteiger partial charge in [0.15, 0.2) is 0 Å². The summed E-state index contributed by atoms with van der Waals surface area (Å²) in [4.78, 5) is 35.7. The van der Waals surface area contributed by atoms with Gasteiger partial charge in [-0.25, -0.2) is 0 Å². The largest absolute Gasteiger partial charge is 0.354 e. The second-order valence-corrected chi connectivity index (χ2v) is 10.1. The molecule has 0 saturated carbocycles. The molecule has 3 aromatic rings. The Balaban J connectivity index is 0.000000324. The van der Waals surface area contributed by atoms with E-state index >= 15 is 0 Å². The molecule has 3 aromatic heterocycles. The van der Waals surface area contributed by atoms with Crippen LogP contribution in [0.15, 0.2) is 0 Å². The molecule has 0 radical (unpaired) electrons. The van der Waals surface area contributed by atoms with Gasteiger partial charge in [-0.05, 0) is 90.2 Å². The van der Waals surface area contributed by atoms with Crippen LogP contribution >= 0.6 is 34.8 Å². The molecule has 3 rings (SSSR count). The molecule has 3 heterocycles. The van der Waals surface area contributed by atoms with Gasteiger partial charge in [-0.15, -0.1) is 0 Å². The number of rotatable bonds is 12. The molecule has 6 N–H and O–H groups in total. The Morgan fingerprint density at radius 2 is 0.884 bits per heavy atom. The highest BCUT2D eigenvalue weighted by Gasteiger charge is 2.18. The molecule has 0 aliphatic carbocycles. The van der Waals surface area contributed by atoms with Crippen LogP contribution in [0.5, 0.6) is 0 Å². The van der Waals surface area contributed by atoms with Crippen LogP contribution in [0.2, 0.25) is 15.9 Å². The summed E-state index contributed by atoms with van der Waals surface area (Å²) < 4.78 is 0. The van der Waals surface area contributed by atoms with Crippen molar-refractivity contribution in [3.05, 3.63) is 15.9 Å². The first-order valence-corrected chi connectivity index (χ1v) is 14.6. The van der Waals surface area contributed by atoms with Crippen molar-refractivity contribution < 1.29 is 0 Å². The minimum absolute atomic E-state index is 0.0854. The molecule has 0 bridgehead atoms. The third kappa shape index (κ3) is 15.8. The Hall–Kier alpha value is -3.81. The molecule has 0 unspecified atom stereocenters. The molecule has 19 heteroatoms. The zero-order chi connectivity index (χ0) is 32.4. The van der Waals surface area contributed by atoms with E-state index in [0.717, 1.165) is 19.6 Å². The average Bonchev–Trinajstić information content (AvgIpc) is 2.89. The highest BCUT2D eigenvalue weighted by molar-refractivity contribution is 6.29. The Morgan fingerprint density at radius 3 is 1.21 bits per heavy atom. The lowest BCUT2D eigenvalue weighted by atomic mass is 10.1. The quantitative estimate of drug-likeness (QED) is 0.154. The summed E-state index contributed by atoms with van der Waals surface area (Å²) >= 11 is 17.1. The molecular weight excluding hydrogens is 619 g/mol. The van der Waals surface area contributed by atoms with Gasteiger partial charge in [0.25, 0.3) is 0 Å². The molecule has 236 valence electrons. The van der Waals surface area contributed by atoms with Gasteiger partial charge in [0, 0.05) is 32.2 Å². The minimum atomic E-state index is -0.756. The predicted octanol–water partition coefficient (Wildman–Crippen LogP) is 4.84. The van der Waals surface area contributed by atoms with Crippen LogP contribution < -0.4 is 31.9 Å². The van der Waals surface area contributed by atoms with Crippen molar-refractivity contribution >= 4 is 70.5 Å². The summed E-state index contributed by atoms with van der Waals surface area (Å²) in [5.41, 5.74) is -0.756. The number of nitriles is 1. The topological polar surface area (TPSA) is 212 Å². The summed E-state index contributed by atoms with van der Waals surface area (Å²) in [5, 5.41) is 27.1. The van der Waals surface area contributed by atoms with E-state index in [1.165, 1.54) is 0 Å². The van der Waals surface area contributed by atoms with Crippen molar-refractivity contribution in [3.8, 4) is 6.07 Å². The Morgan fingerprint density at radius 1 is 0.581 bits per heavy atom. The molecule has 0 aromatic carbocycles. The molecule has 0 amide bonds. The number of aromatic nitrogens is 9.